The molecule has 2 aromatic carbocycles. The molecular weight excluding hydrogens is 386 g/mol. The highest BCUT2D eigenvalue weighted by atomic mass is 32.1. The monoisotopic (exact) mass is 403 g/mol. The number of aromatic nitrogens is 3. The molecule has 0 atom stereocenters. The lowest BCUT2D eigenvalue weighted by molar-refractivity contribution is -0.115. The molecule has 8 heteroatoms. The number of benzene rings is 2. The first-order chi connectivity index (χ1) is 14.0. The Balaban J connectivity index is 1.43. The molecule has 7 nitrogen and oxygen atoms in total. The van der Waals surface area contributed by atoms with Crippen LogP contribution in [0.2, 0.25) is 0 Å². The van der Waals surface area contributed by atoms with Gasteiger partial charge in [0.2, 0.25) is 10.9 Å². The van der Waals surface area contributed by atoms with E-state index in [1.807, 2.05) is 5.38 Å². The van der Waals surface area contributed by atoms with E-state index < -0.39 is 0 Å². The Bertz CT molecular complexity index is 1300. The molecule has 2 N–H and O–H groups in total. The Morgan fingerprint density at radius 1 is 1.21 bits per heavy atom. The zero-order chi connectivity index (χ0) is 20.1. The minimum Gasteiger partial charge on any atom is -0.326 e. The summed E-state index contributed by atoms with van der Waals surface area (Å²) in [5.74, 6) is -0.117. The number of thiazole rings is 1. The Kier molecular flexibility index (Phi) is 3.95. The third kappa shape index (κ3) is 3.07. The van der Waals surface area contributed by atoms with Crippen LogP contribution in [-0.2, 0) is 11.2 Å². The van der Waals surface area contributed by atoms with Gasteiger partial charge in [-0.3, -0.25) is 14.9 Å². The van der Waals surface area contributed by atoms with Crippen molar-refractivity contribution < 1.29 is 9.59 Å². The van der Waals surface area contributed by atoms with Crippen molar-refractivity contribution >= 4 is 39.7 Å². The number of amides is 2. The average molecular weight is 403 g/mol. The summed E-state index contributed by atoms with van der Waals surface area (Å²) in [7, 11) is 0. The van der Waals surface area contributed by atoms with Gasteiger partial charge >= 0.3 is 0 Å². The Hall–Kier alpha value is -3.52. The number of hydrogen-bond donors (Lipinski definition) is 2. The van der Waals surface area contributed by atoms with E-state index in [-0.39, 0.29) is 24.2 Å². The van der Waals surface area contributed by atoms with Gasteiger partial charge in [-0.05, 0) is 43.2 Å². The summed E-state index contributed by atoms with van der Waals surface area (Å²) >= 11 is 1.47. The molecule has 0 bridgehead atoms. The highest BCUT2D eigenvalue weighted by Gasteiger charge is 2.20. The minimum absolute atomic E-state index is 0.0625. The molecule has 1 aliphatic heterocycles. The number of carbonyl (C=O) groups is 2. The van der Waals surface area contributed by atoms with E-state index >= 15 is 0 Å². The first-order valence-electron chi connectivity index (χ1n) is 9.14. The number of fused-ring (bicyclic) bond motifs is 2. The fraction of sp³-hybridized carbons (Fsp3) is 0.143. The maximum Gasteiger partial charge on any atom is 0.258 e. The Morgan fingerprint density at radius 3 is 2.90 bits per heavy atom. The van der Waals surface area contributed by atoms with Gasteiger partial charge in [-0.15, -0.1) is 16.4 Å². The normalized spacial score (nSPS) is 12.8. The molecule has 0 fully saturated rings. The van der Waals surface area contributed by atoms with Crippen LogP contribution in [0.15, 0.2) is 41.8 Å². The molecule has 29 heavy (non-hydrogen) atoms. The lowest BCUT2D eigenvalue weighted by Crippen LogP contribution is -2.13. The van der Waals surface area contributed by atoms with Crippen LogP contribution in [0.4, 0.5) is 11.6 Å². The molecule has 0 saturated carbocycles. The lowest BCUT2D eigenvalue weighted by Gasteiger charge is -2.05. The molecule has 3 heterocycles. The van der Waals surface area contributed by atoms with Crippen LogP contribution < -0.4 is 10.6 Å². The molecular formula is C21H17N5O2S. The summed E-state index contributed by atoms with van der Waals surface area (Å²) < 4.78 is 1.75. The van der Waals surface area contributed by atoms with Crippen molar-refractivity contribution in [2.24, 2.45) is 0 Å². The third-order valence-corrected chi connectivity index (χ3v) is 5.77. The molecule has 144 valence electrons. The average Bonchev–Trinajstić information content (AvgIpc) is 3.34. The van der Waals surface area contributed by atoms with Crippen LogP contribution in [0.5, 0.6) is 0 Å². The van der Waals surface area contributed by atoms with Gasteiger partial charge in [0, 0.05) is 22.2 Å². The van der Waals surface area contributed by atoms with Crippen molar-refractivity contribution in [2.75, 3.05) is 10.6 Å². The second-order valence-corrected chi connectivity index (χ2v) is 7.96. The maximum absolute atomic E-state index is 12.6. The highest BCUT2D eigenvalue weighted by molar-refractivity contribution is 7.15. The van der Waals surface area contributed by atoms with Gasteiger partial charge in [0.15, 0.2) is 0 Å². The van der Waals surface area contributed by atoms with Gasteiger partial charge in [0.25, 0.3) is 11.9 Å². The summed E-state index contributed by atoms with van der Waals surface area (Å²) in [6.07, 6.45) is 0.286. The standard InChI is InChI=1S/C21H17N5O2S/c1-11-3-5-15(12(2)7-11)17-10-29-21-24-20(25-26(17)21)23-19(28)13-4-6-16-14(8-13)9-18(27)22-16/h3-8,10H,9H2,1-2H3,(H,22,27)(H,23,25,28). The van der Waals surface area contributed by atoms with Crippen molar-refractivity contribution in [3.63, 3.8) is 0 Å². The number of nitrogens with zero attached hydrogens (tertiary/aromatic N) is 3. The molecule has 5 rings (SSSR count). The number of carbonyl (C=O) groups excluding carboxylic acids is 2. The largest absolute Gasteiger partial charge is 0.326 e. The van der Waals surface area contributed by atoms with E-state index in [9.17, 15) is 9.59 Å². The summed E-state index contributed by atoms with van der Waals surface area (Å²) in [6, 6.07) is 11.4. The SMILES string of the molecule is Cc1ccc(-c2csc3nc(NC(=O)c4ccc5c(c4)CC(=O)N5)nn23)c(C)c1. The summed E-state index contributed by atoms with van der Waals surface area (Å²) in [5, 5.41) is 12.0. The quantitative estimate of drug-likeness (QED) is 0.544. The molecule has 0 aliphatic carbocycles. The predicted octanol–water partition coefficient (Wildman–Crippen LogP) is 3.82. The molecule has 0 radical (unpaired) electrons. The molecule has 2 amide bonds. The minimum atomic E-state index is -0.307. The van der Waals surface area contributed by atoms with Crippen molar-refractivity contribution in [3.05, 3.63) is 64.0 Å². The molecule has 4 aromatic rings. The van der Waals surface area contributed by atoms with Gasteiger partial charge in [-0.2, -0.15) is 4.98 Å². The topological polar surface area (TPSA) is 88.4 Å². The molecule has 0 saturated heterocycles. The van der Waals surface area contributed by atoms with Gasteiger partial charge in [0.05, 0.1) is 12.1 Å². The summed E-state index contributed by atoms with van der Waals surface area (Å²) in [6.45, 7) is 4.13. The Labute approximate surface area is 170 Å². The smallest absolute Gasteiger partial charge is 0.258 e. The Morgan fingerprint density at radius 2 is 2.07 bits per heavy atom. The van der Waals surface area contributed by atoms with Crippen molar-refractivity contribution in [1.82, 2.24) is 14.6 Å². The second-order valence-electron chi connectivity index (χ2n) is 7.12. The number of nitrogens with one attached hydrogen (secondary N) is 2. The zero-order valence-corrected chi connectivity index (χ0v) is 16.6. The third-order valence-electron chi connectivity index (χ3n) is 4.96. The van der Waals surface area contributed by atoms with E-state index in [0.29, 0.717) is 10.5 Å². The maximum atomic E-state index is 12.6. The van der Waals surface area contributed by atoms with Crippen molar-refractivity contribution in [1.29, 1.82) is 0 Å². The van der Waals surface area contributed by atoms with E-state index in [2.05, 4.69) is 52.8 Å². The van der Waals surface area contributed by atoms with Crippen LogP contribution in [0, 0.1) is 13.8 Å². The number of anilines is 2. The van der Waals surface area contributed by atoms with Gasteiger partial charge in [-0.25, -0.2) is 4.52 Å². The second kappa shape index (κ2) is 6.52. The van der Waals surface area contributed by atoms with E-state index in [4.69, 9.17) is 0 Å². The fourth-order valence-electron chi connectivity index (χ4n) is 3.57. The van der Waals surface area contributed by atoms with E-state index in [0.717, 1.165) is 28.1 Å². The van der Waals surface area contributed by atoms with Crippen molar-refractivity contribution in [3.8, 4) is 11.3 Å². The number of aryl methyl sites for hydroxylation is 2. The molecule has 0 unspecified atom stereocenters. The van der Waals surface area contributed by atoms with Gasteiger partial charge < -0.3 is 5.32 Å². The van der Waals surface area contributed by atoms with Crippen molar-refractivity contribution in [2.45, 2.75) is 20.3 Å². The number of hydrogen-bond acceptors (Lipinski definition) is 5. The highest BCUT2D eigenvalue weighted by Crippen LogP contribution is 2.29. The number of rotatable bonds is 3. The fourth-order valence-corrected chi connectivity index (χ4v) is 4.39. The first kappa shape index (κ1) is 17.6. The summed E-state index contributed by atoms with van der Waals surface area (Å²) in [5.41, 5.74) is 6.43. The van der Waals surface area contributed by atoms with Crippen LogP contribution >= 0.6 is 11.3 Å². The van der Waals surface area contributed by atoms with Crippen LogP contribution in [0.25, 0.3) is 16.2 Å². The van der Waals surface area contributed by atoms with E-state index in [1.54, 1.807) is 22.7 Å². The molecule has 2 aromatic heterocycles. The van der Waals surface area contributed by atoms with E-state index in [1.165, 1.54) is 16.9 Å². The van der Waals surface area contributed by atoms with Crippen LogP contribution in [0.1, 0.15) is 27.0 Å². The zero-order valence-electron chi connectivity index (χ0n) is 15.8. The van der Waals surface area contributed by atoms with Crippen LogP contribution in [-0.4, -0.2) is 26.4 Å². The lowest BCUT2D eigenvalue weighted by atomic mass is 10.0. The summed E-state index contributed by atoms with van der Waals surface area (Å²) in [4.78, 5) is 29.3. The molecule has 1 aliphatic rings. The predicted molar refractivity (Wildman–Crippen MR) is 113 cm³/mol. The van der Waals surface area contributed by atoms with Crippen LogP contribution in [0.3, 0.4) is 0 Å². The molecule has 0 spiro atoms. The van der Waals surface area contributed by atoms with Gasteiger partial charge in [0.1, 0.15) is 0 Å². The van der Waals surface area contributed by atoms with Gasteiger partial charge in [-0.1, -0.05) is 23.8 Å². The first-order valence-corrected chi connectivity index (χ1v) is 10.0.